The van der Waals surface area contributed by atoms with E-state index in [9.17, 15) is 9.90 Å². The highest BCUT2D eigenvalue weighted by molar-refractivity contribution is 5.68. The topological polar surface area (TPSA) is 61.8 Å². The predicted octanol–water partition coefficient (Wildman–Crippen LogP) is 2.15. The lowest BCUT2D eigenvalue weighted by molar-refractivity contribution is -0.00489. The van der Waals surface area contributed by atoms with Crippen LogP contribution in [0, 0.1) is 0 Å². The number of amides is 1. The maximum atomic E-state index is 12.0. The zero-order valence-electron chi connectivity index (χ0n) is 13.6. The van der Waals surface area contributed by atoms with Gasteiger partial charge in [0, 0.05) is 19.1 Å². The summed E-state index contributed by atoms with van der Waals surface area (Å²) >= 11 is 0. The lowest BCUT2D eigenvalue weighted by atomic mass is 10.0. The molecule has 2 unspecified atom stereocenters. The Morgan fingerprint density at radius 2 is 2.05 bits per heavy atom. The van der Waals surface area contributed by atoms with Crippen LogP contribution in [0.5, 0.6) is 0 Å². The third-order valence-corrected chi connectivity index (χ3v) is 3.64. The number of β-amino-alcohol motifs (C(OH)–C–C–N with tert-alkyl or cyclic N) is 1. The fraction of sp³-hybridized carbons (Fsp3) is 0.588. The van der Waals surface area contributed by atoms with E-state index in [0.29, 0.717) is 19.5 Å². The molecule has 1 aromatic rings. The standard InChI is InChI=1S/C17H26N2O3/c1-17(2,3)22-16(21)19-10-9-14(15(20)12-19)18-11-13-7-5-4-6-8-13/h4-8,14-15,18,20H,9-12H2,1-3H3. The van der Waals surface area contributed by atoms with E-state index in [1.54, 1.807) is 4.90 Å². The number of aliphatic hydroxyl groups is 1. The molecule has 1 aliphatic rings. The van der Waals surface area contributed by atoms with Crippen molar-refractivity contribution in [2.45, 2.75) is 51.5 Å². The van der Waals surface area contributed by atoms with Crippen LogP contribution in [0.15, 0.2) is 30.3 Å². The van der Waals surface area contributed by atoms with Crippen molar-refractivity contribution in [1.29, 1.82) is 0 Å². The van der Waals surface area contributed by atoms with Crippen LogP contribution >= 0.6 is 0 Å². The van der Waals surface area contributed by atoms with Gasteiger partial charge in [-0.05, 0) is 32.8 Å². The highest BCUT2D eigenvalue weighted by Gasteiger charge is 2.32. The van der Waals surface area contributed by atoms with Crippen molar-refractivity contribution in [2.75, 3.05) is 13.1 Å². The van der Waals surface area contributed by atoms with Crippen molar-refractivity contribution in [3.8, 4) is 0 Å². The Labute approximate surface area is 132 Å². The maximum Gasteiger partial charge on any atom is 0.410 e. The molecule has 0 aromatic heterocycles. The number of hydrogen-bond acceptors (Lipinski definition) is 4. The van der Waals surface area contributed by atoms with Crippen molar-refractivity contribution in [1.82, 2.24) is 10.2 Å². The van der Waals surface area contributed by atoms with Crippen molar-refractivity contribution < 1.29 is 14.6 Å². The molecular formula is C17H26N2O3. The molecular weight excluding hydrogens is 280 g/mol. The van der Waals surface area contributed by atoms with E-state index in [-0.39, 0.29) is 12.1 Å². The van der Waals surface area contributed by atoms with Crippen molar-refractivity contribution in [2.24, 2.45) is 0 Å². The van der Waals surface area contributed by atoms with Gasteiger partial charge in [-0.1, -0.05) is 30.3 Å². The van der Waals surface area contributed by atoms with Crippen LogP contribution in [-0.4, -0.2) is 46.9 Å². The van der Waals surface area contributed by atoms with E-state index in [2.05, 4.69) is 17.4 Å². The van der Waals surface area contributed by atoms with Crippen molar-refractivity contribution >= 4 is 6.09 Å². The van der Waals surface area contributed by atoms with Crippen molar-refractivity contribution in [3.05, 3.63) is 35.9 Å². The molecule has 0 bridgehead atoms. The number of carbonyl (C=O) groups excluding carboxylic acids is 1. The van der Waals surface area contributed by atoms with E-state index < -0.39 is 11.7 Å². The van der Waals surface area contributed by atoms with Gasteiger partial charge in [0.25, 0.3) is 0 Å². The Kier molecular flexibility index (Phi) is 5.42. The van der Waals surface area contributed by atoms with Crippen molar-refractivity contribution in [3.63, 3.8) is 0 Å². The number of aliphatic hydroxyl groups excluding tert-OH is 1. The van der Waals surface area contributed by atoms with Crippen LogP contribution < -0.4 is 5.32 Å². The molecule has 2 N–H and O–H groups in total. The molecule has 1 heterocycles. The average molecular weight is 306 g/mol. The van der Waals surface area contributed by atoms with E-state index in [0.717, 1.165) is 6.54 Å². The van der Waals surface area contributed by atoms with Crippen LogP contribution in [0.4, 0.5) is 4.79 Å². The number of nitrogens with zero attached hydrogens (tertiary/aromatic N) is 1. The van der Waals surface area contributed by atoms with Gasteiger partial charge in [0.1, 0.15) is 5.60 Å². The number of benzene rings is 1. The first-order valence-corrected chi connectivity index (χ1v) is 7.78. The van der Waals surface area contributed by atoms with Gasteiger partial charge in [-0.2, -0.15) is 0 Å². The van der Waals surface area contributed by atoms with Crippen LogP contribution in [0.2, 0.25) is 0 Å². The fourth-order valence-corrected chi connectivity index (χ4v) is 2.51. The molecule has 0 aliphatic carbocycles. The molecule has 5 heteroatoms. The molecule has 1 saturated heterocycles. The molecule has 0 saturated carbocycles. The van der Waals surface area contributed by atoms with Gasteiger partial charge in [-0.25, -0.2) is 4.79 Å². The van der Waals surface area contributed by atoms with Gasteiger partial charge in [-0.15, -0.1) is 0 Å². The summed E-state index contributed by atoms with van der Waals surface area (Å²) in [4.78, 5) is 13.6. The Balaban J connectivity index is 1.81. The van der Waals surface area contributed by atoms with Crippen LogP contribution in [-0.2, 0) is 11.3 Å². The van der Waals surface area contributed by atoms with E-state index in [1.807, 2.05) is 39.0 Å². The van der Waals surface area contributed by atoms with Gasteiger partial charge >= 0.3 is 6.09 Å². The fourth-order valence-electron chi connectivity index (χ4n) is 2.51. The summed E-state index contributed by atoms with van der Waals surface area (Å²) in [5.74, 6) is 0. The normalized spacial score (nSPS) is 22.5. The van der Waals surface area contributed by atoms with Crippen LogP contribution in [0.1, 0.15) is 32.8 Å². The molecule has 122 valence electrons. The van der Waals surface area contributed by atoms with Gasteiger partial charge in [0.15, 0.2) is 0 Å². The second-order valence-corrected chi connectivity index (χ2v) is 6.76. The van der Waals surface area contributed by atoms with Gasteiger partial charge in [-0.3, -0.25) is 0 Å². The molecule has 1 amide bonds. The summed E-state index contributed by atoms with van der Waals surface area (Å²) in [7, 11) is 0. The number of piperidine rings is 1. The minimum absolute atomic E-state index is 0.00103. The molecule has 0 spiro atoms. The van der Waals surface area contributed by atoms with Gasteiger partial charge in [0.05, 0.1) is 12.6 Å². The summed E-state index contributed by atoms with van der Waals surface area (Å²) < 4.78 is 5.35. The Morgan fingerprint density at radius 1 is 1.36 bits per heavy atom. The SMILES string of the molecule is CC(C)(C)OC(=O)N1CCC(NCc2ccccc2)C(O)C1. The minimum atomic E-state index is -0.579. The first kappa shape index (κ1) is 16.8. The number of carbonyl (C=O) groups is 1. The Morgan fingerprint density at radius 3 is 2.64 bits per heavy atom. The van der Waals surface area contributed by atoms with E-state index in [1.165, 1.54) is 5.56 Å². The number of hydrogen-bond donors (Lipinski definition) is 2. The number of nitrogens with one attached hydrogen (secondary N) is 1. The average Bonchev–Trinajstić information content (AvgIpc) is 2.45. The van der Waals surface area contributed by atoms with Gasteiger partial charge < -0.3 is 20.1 Å². The molecule has 2 rings (SSSR count). The molecule has 1 fully saturated rings. The largest absolute Gasteiger partial charge is 0.444 e. The second kappa shape index (κ2) is 7.11. The van der Waals surface area contributed by atoms with Crippen LogP contribution in [0.3, 0.4) is 0 Å². The van der Waals surface area contributed by atoms with E-state index in [4.69, 9.17) is 4.74 Å². The third kappa shape index (κ3) is 5.00. The molecule has 1 aromatic carbocycles. The highest BCUT2D eigenvalue weighted by Crippen LogP contribution is 2.16. The maximum absolute atomic E-state index is 12.0. The monoisotopic (exact) mass is 306 g/mol. The summed E-state index contributed by atoms with van der Waals surface area (Å²) in [6.45, 7) is 7.15. The molecule has 22 heavy (non-hydrogen) atoms. The van der Waals surface area contributed by atoms with Gasteiger partial charge in [0.2, 0.25) is 0 Å². The molecule has 2 atom stereocenters. The zero-order valence-corrected chi connectivity index (χ0v) is 13.6. The number of likely N-dealkylation sites (tertiary alicyclic amines) is 1. The first-order valence-electron chi connectivity index (χ1n) is 7.78. The summed E-state index contributed by atoms with van der Waals surface area (Å²) in [6, 6.07) is 10.1. The lowest BCUT2D eigenvalue weighted by Crippen LogP contribution is -2.54. The summed E-state index contributed by atoms with van der Waals surface area (Å²) in [6.07, 6.45) is -0.217. The summed E-state index contributed by atoms with van der Waals surface area (Å²) in [5.41, 5.74) is 0.675. The highest BCUT2D eigenvalue weighted by atomic mass is 16.6. The Hall–Kier alpha value is -1.59. The lowest BCUT2D eigenvalue weighted by Gasteiger charge is -2.37. The zero-order chi connectivity index (χ0) is 16.2. The summed E-state index contributed by atoms with van der Waals surface area (Å²) in [5, 5.41) is 13.6. The Bertz CT molecular complexity index is 484. The first-order chi connectivity index (χ1) is 10.3. The molecule has 5 nitrogen and oxygen atoms in total. The smallest absolute Gasteiger partial charge is 0.410 e. The quantitative estimate of drug-likeness (QED) is 0.898. The second-order valence-electron chi connectivity index (χ2n) is 6.76. The number of ether oxygens (including phenoxy) is 1. The number of rotatable bonds is 3. The predicted molar refractivity (Wildman–Crippen MR) is 85.5 cm³/mol. The molecule has 1 aliphatic heterocycles. The minimum Gasteiger partial charge on any atom is -0.444 e. The van der Waals surface area contributed by atoms with E-state index >= 15 is 0 Å². The van der Waals surface area contributed by atoms with Crippen LogP contribution in [0.25, 0.3) is 0 Å². The third-order valence-electron chi connectivity index (χ3n) is 3.64. The molecule has 0 radical (unpaired) electrons.